The number of nitrogens with two attached hydrogens (primary N) is 1. The topological polar surface area (TPSA) is 69.9 Å². The molecule has 6 heteroatoms. The number of hydrogen-bond acceptors (Lipinski definition) is 4. The molecule has 1 heterocycles. The zero-order valence-electron chi connectivity index (χ0n) is 15.8. The van der Waals surface area contributed by atoms with E-state index in [1.165, 1.54) is 12.8 Å². The first kappa shape index (κ1) is 18.6. The Kier molecular flexibility index (Phi) is 6.00. The van der Waals surface area contributed by atoms with E-state index in [-0.39, 0.29) is 23.8 Å². The quantitative estimate of drug-likeness (QED) is 0.795. The summed E-state index contributed by atoms with van der Waals surface area (Å²) in [6.45, 7) is 9.23. The van der Waals surface area contributed by atoms with Crippen molar-refractivity contribution in [1.29, 1.82) is 0 Å². The molecule has 0 aromatic heterocycles. The van der Waals surface area contributed by atoms with Crippen molar-refractivity contribution in [2.24, 2.45) is 23.5 Å². The van der Waals surface area contributed by atoms with Gasteiger partial charge in [0, 0.05) is 45.3 Å². The van der Waals surface area contributed by atoms with Crippen LogP contribution in [0.2, 0.25) is 0 Å². The molecule has 1 aliphatic heterocycles. The number of carbonyl (C=O) groups is 2. The first-order valence-corrected chi connectivity index (χ1v) is 10.1. The summed E-state index contributed by atoms with van der Waals surface area (Å²) < 4.78 is 0. The number of carbonyl (C=O) groups excluding carboxylic acids is 2. The molecule has 0 aromatic carbocycles. The van der Waals surface area contributed by atoms with Gasteiger partial charge >= 0.3 is 0 Å². The van der Waals surface area contributed by atoms with E-state index in [1.807, 2.05) is 23.6 Å². The summed E-state index contributed by atoms with van der Waals surface area (Å²) in [6.07, 6.45) is 4.47. The molecule has 0 aromatic rings. The van der Waals surface area contributed by atoms with Crippen LogP contribution in [-0.4, -0.2) is 78.4 Å². The van der Waals surface area contributed by atoms with Crippen LogP contribution in [0.4, 0.5) is 0 Å². The molecule has 2 amide bonds. The Labute approximate surface area is 151 Å². The number of rotatable bonds is 5. The van der Waals surface area contributed by atoms with Gasteiger partial charge in [-0.1, -0.05) is 0 Å². The first-order chi connectivity index (χ1) is 12.0. The highest BCUT2D eigenvalue weighted by atomic mass is 16.2. The highest BCUT2D eigenvalue weighted by Crippen LogP contribution is 2.48. The predicted molar refractivity (Wildman–Crippen MR) is 97.9 cm³/mol. The van der Waals surface area contributed by atoms with E-state index in [2.05, 4.69) is 4.90 Å². The van der Waals surface area contributed by atoms with Gasteiger partial charge in [-0.05, 0) is 51.4 Å². The van der Waals surface area contributed by atoms with Gasteiger partial charge in [0.2, 0.25) is 11.8 Å². The van der Waals surface area contributed by atoms with E-state index in [0.29, 0.717) is 18.4 Å². The first-order valence-electron chi connectivity index (χ1n) is 10.1. The Balaban J connectivity index is 1.53. The van der Waals surface area contributed by atoms with Gasteiger partial charge in [0.1, 0.15) is 0 Å². The second-order valence-electron chi connectivity index (χ2n) is 7.96. The predicted octanol–water partition coefficient (Wildman–Crippen LogP) is 0.763. The van der Waals surface area contributed by atoms with Crippen molar-refractivity contribution in [3.63, 3.8) is 0 Å². The number of amides is 2. The van der Waals surface area contributed by atoms with E-state index in [9.17, 15) is 9.59 Å². The third-order valence-corrected chi connectivity index (χ3v) is 6.64. The minimum atomic E-state index is 0.0441. The van der Waals surface area contributed by atoms with Crippen molar-refractivity contribution in [3.05, 3.63) is 0 Å². The Morgan fingerprint density at radius 3 is 2.40 bits per heavy atom. The second kappa shape index (κ2) is 8.04. The summed E-state index contributed by atoms with van der Waals surface area (Å²) in [5, 5.41) is 0. The lowest BCUT2D eigenvalue weighted by atomic mass is 9.84. The SMILES string of the molecule is CCN(CC)C(=O)CN1CCCN(C(=O)C2C3CCC(C3)C2N)CC1. The molecule has 0 spiro atoms. The van der Waals surface area contributed by atoms with Gasteiger partial charge in [0.25, 0.3) is 0 Å². The maximum absolute atomic E-state index is 13.0. The van der Waals surface area contributed by atoms with Crippen LogP contribution in [0.15, 0.2) is 0 Å². The maximum Gasteiger partial charge on any atom is 0.236 e. The summed E-state index contributed by atoms with van der Waals surface area (Å²) in [6, 6.07) is 0.0647. The fourth-order valence-corrected chi connectivity index (χ4v) is 5.13. The molecule has 1 saturated heterocycles. The van der Waals surface area contributed by atoms with E-state index in [1.54, 1.807) is 0 Å². The number of hydrogen-bond donors (Lipinski definition) is 1. The van der Waals surface area contributed by atoms with Crippen LogP contribution in [0.3, 0.4) is 0 Å². The molecule has 142 valence electrons. The van der Waals surface area contributed by atoms with E-state index in [0.717, 1.165) is 52.1 Å². The molecule has 3 rings (SSSR count). The molecule has 4 atom stereocenters. The van der Waals surface area contributed by atoms with Gasteiger partial charge in [0.15, 0.2) is 0 Å². The Morgan fingerprint density at radius 1 is 1.04 bits per heavy atom. The van der Waals surface area contributed by atoms with Crippen molar-refractivity contribution >= 4 is 11.8 Å². The largest absolute Gasteiger partial charge is 0.342 e. The van der Waals surface area contributed by atoms with Crippen LogP contribution in [0, 0.1) is 17.8 Å². The summed E-state index contributed by atoms with van der Waals surface area (Å²) in [4.78, 5) is 31.5. The van der Waals surface area contributed by atoms with Crippen LogP contribution < -0.4 is 5.73 Å². The van der Waals surface area contributed by atoms with E-state index < -0.39 is 0 Å². The van der Waals surface area contributed by atoms with Gasteiger partial charge in [-0.3, -0.25) is 14.5 Å². The molecular weight excluding hydrogens is 316 g/mol. The number of nitrogens with zero attached hydrogens (tertiary/aromatic N) is 3. The van der Waals surface area contributed by atoms with Gasteiger partial charge in [0.05, 0.1) is 12.5 Å². The minimum Gasteiger partial charge on any atom is -0.342 e. The molecule has 3 fully saturated rings. The summed E-state index contributed by atoms with van der Waals surface area (Å²) in [5.74, 6) is 1.59. The smallest absolute Gasteiger partial charge is 0.236 e. The van der Waals surface area contributed by atoms with Crippen LogP contribution in [0.25, 0.3) is 0 Å². The van der Waals surface area contributed by atoms with Crippen molar-refractivity contribution in [3.8, 4) is 0 Å². The van der Waals surface area contributed by atoms with Crippen molar-refractivity contribution in [1.82, 2.24) is 14.7 Å². The zero-order valence-corrected chi connectivity index (χ0v) is 15.8. The molecule has 2 N–H and O–H groups in total. The molecule has 4 unspecified atom stereocenters. The third kappa shape index (κ3) is 3.85. The third-order valence-electron chi connectivity index (χ3n) is 6.64. The summed E-state index contributed by atoms with van der Waals surface area (Å²) in [5.41, 5.74) is 6.36. The van der Waals surface area contributed by atoms with Gasteiger partial charge < -0.3 is 15.5 Å². The van der Waals surface area contributed by atoms with Crippen LogP contribution in [-0.2, 0) is 9.59 Å². The fourth-order valence-electron chi connectivity index (χ4n) is 5.13. The summed E-state index contributed by atoms with van der Waals surface area (Å²) in [7, 11) is 0. The van der Waals surface area contributed by atoms with Crippen LogP contribution in [0.5, 0.6) is 0 Å². The van der Waals surface area contributed by atoms with Crippen molar-refractivity contribution < 1.29 is 9.59 Å². The normalized spacial score (nSPS) is 32.7. The lowest BCUT2D eigenvalue weighted by molar-refractivity contribution is -0.137. The molecule has 6 nitrogen and oxygen atoms in total. The van der Waals surface area contributed by atoms with Crippen molar-refractivity contribution in [2.45, 2.75) is 45.6 Å². The highest BCUT2D eigenvalue weighted by Gasteiger charge is 2.50. The highest BCUT2D eigenvalue weighted by molar-refractivity contribution is 5.81. The monoisotopic (exact) mass is 350 g/mol. The molecular formula is C19H34N4O2. The van der Waals surface area contributed by atoms with E-state index in [4.69, 9.17) is 5.73 Å². The van der Waals surface area contributed by atoms with E-state index >= 15 is 0 Å². The average molecular weight is 351 g/mol. The zero-order chi connectivity index (χ0) is 18.0. The molecule has 2 aliphatic carbocycles. The standard InChI is InChI=1S/C19H34N4O2/c1-3-22(4-2)16(24)13-21-8-5-9-23(11-10-21)19(25)17-14-6-7-15(12-14)18(17)20/h14-15,17-18H,3-13,20H2,1-2H3. The van der Waals surface area contributed by atoms with Crippen LogP contribution in [0.1, 0.15) is 39.5 Å². The molecule has 3 aliphatic rings. The molecule has 2 saturated carbocycles. The fraction of sp³-hybridized carbons (Fsp3) is 0.895. The van der Waals surface area contributed by atoms with Crippen molar-refractivity contribution in [2.75, 3.05) is 45.8 Å². The Morgan fingerprint density at radius 2 is 1.76 bits per heavy atom. The lowest BCUT2D eigenvalue weighted by Crippen LogP contribution is -2.48. The minimum absolute atomic E-state index is 0.0441. The lowest BCUT2D eigenvalue weighted by Gasteiger charge is -2.32. The molecule has 0 radical (unpaired) electrons. The number of fused-ring (bicyclic) bond motifs is 2. The second-order valence-corrected chi connectivity index (χ2v) is 7.96. The van der Waals surface area contributed by atoms with Crippen LogP contribution >= 0.6 is 0 Å². The van der Waals surface area contributed by atoms with Gasteiger partial charge in [-0.15, -0.1) is 0 Å². The Bertz CT molecular complexity index is 492. The van der Waals surface area contributed by atoms with Gasteiger partial charge in [-0.25, -0.2) is 0 Å². The molecule has 25 heavy (non-hydrogen) atoms. The average Bonchev–Trinajstić information content (AvgIpc) is 3.10. The van der Waals surface area contributed by atoms with Gasteiger partial charge in [-0.2, -0.15) is 0 Å². The number of likely N-dealkylation sites (N-methyl/N-ethyl adjacent to an activating group) is 1. The molecule has 2 bridgehead atoms. The Hall–Kier alpha value is -1.14. The summed E-state index contributed by atoms with van der Waals surface area (Å²) >= 11 is 0. The maximum atomic E-state index is 13.0.